The first-order valence-corrected chi connectivity index (χ1v) is 11.9. The number of hydrogen-bond donors (Lipinski definition) is 0. The van der Waals surface area contributed by atoms with Gasteiger partial charge in [-0.05, 0) is 42.3 Å². The Bertz CT molecular complexity index is 1080. The Kier molecular flexibility index (Phi) is 5.69. The third-order valence-electron chi connectivity index (χ3n) is 4.88. The largest absolute Gasteiger partial charge is 0.495 e. The number of hydrogen-bond acceptors (Lipinski definition) is 5. The van der Waals surface area contributed by atoms with Gasteiger partial charge in [-0.25, -0.2) is 16.8 Å². The normalized spacial score (nSPS) is 14.4. The average molecular weight is 425 g/mol. The Morgan fingerprint density at radius 2 is 1.71 bits per heavy atom. The molecule has 0 N–H and O–H groups in total. The third kappa shape index (κ3) is 3.38. The first-order valence-electron chi connectivity index (χ1n) is 9.06. The second-order valence-corrected chi connectivity index (χ2v) is 10.1. The van der Waals surface area contributed by atoms with Gasteiger partial charge in [-0.15, -0.1) is 0 Å². The van der Waals surface area contributed by atoms with E-state index in [1.165, 1.54) is 27.9 Å². The van der Waals surface area contributed by atoms with Crippen molar-refractivity contribution in [2.24, 2.45) is 0 Å². The number of methoxy groups -OCH3 is 1. The van der Waals surface area contributed by atoms with E-state index in [9.17, 15) is 16.8 Å². The zero-order chi connectivity index (χ0) is 20.5. The fourth-order valence-corrected chi connectivity index (χ4v) is 6.59. The monoisotopic (exact) mass is 424 g/mol. The average Bonchev–Trinajstić information content (AvgIpc) is 3.12. The van der Waals surface area contributed by atoms with Gasteiger partial charge in [0.25, 0.3) is 10.0 Å². The molecule has 2 aromatic carbocycles. The maximum Gasteiger partial charge on any atom is 0.268 e. The van der Waals surface area contributed by atoms with Crippen LogP contribution >= 0.6 is 0 Å². The van der Waals surface area contributed by atoms with Crippen molar-refractivity contribution in [2.75, 3.05) is 31.0 Å². The number of rotatable bonds is 7. The van der Waals surface area contributed by atoms with Crippen LogP contribution in [0.15, 0.2) is 52.3 Å². The molecule has 0 aromatic heterocycles. The molecule has 2 aromatic rings. The van der Waals surface area contributed by atoms with E-state index in [2.05, 4.69) is 0 Å². The SMILES string of the molecule is CCN(CC)S(=O)(=O)c1ccc2c(c1)CCN2S(=O)(=O)c1ccccc1OC. The number of fused-ring (bicyclic) bond motifs is 1. The Hall–Kier alpha value is -2.10. The molecule has 0 bridgehead atoms. The minimum absolute atomic E-state index is 0.0881. The summed E-state index contributed by atoms with van der Waals surface area (Å²) in [5.41, 5.74) is 1.20. The van der Waals surface area contributed by atoms with Crippen molar-refractivity contribution in [3.8, 4) is 5.75 Å². The van der Waals surface area contributed by atoms with Gasteiger partial charge in [-0.2, -0.15) is 4.31 Å². The predicted molar refractivity (Wildman–Crippen MR) is 108 cm³/mol. The van der Waals surface area contributed by atoms with E-state index in [4.69, 9.17) is 4.74 Å². The Morgan fingerprint density at radius 3 is 2.36 bits per heavy atom. The molecule has 0 aliphatic carbocycles. The summed E-state index contributed by atoms with van der Waals surface area (Å²) in [5, 5.41) is 0. The van der Waals surface area contributed by atoms with Gasteiger partial charge in [0, 0.05) is 19.6 Å². The van der Waals surface area contributed by atoms with Crippen molar-refractivity contribution in [2.45, 2.75) is 30.1 Å². The first-order chi connectivity index (χ1) is 13.3. The summed E-state index contributed by atoms with van der Waals surface area (Å²) in [6.45, 7) is 4.59. The molecule has 9 heteroatoms. The van der Waals surface area contributed by atoms with Crippen molar-refractivity contribution in [1.29, 1.82) is 0 Å². The predicted octanol–water partition coefficient (Wildman–Crippen LogP) is 2.48. The number of benzene rings is 2. The van der Waals surface area contributed by atoms with E-state index >= 15 is 0 Å². The van der Waals surface area contributed by atoms with Gasteiger partial charge < -0.3 is 4.74 Å². The molecule has 0 amide bonds. The molecule has 28 heavy (non-hydrogen) atoms. The smallest absolute Gasteiger partial charge is 0.268 e. The number of anilines is 1. The second kappa shape index (κ2) is 7.73. The lowest BCUT2D eigenvalue weighted by Gasteiger charge is -2.22. The van der Waals surface area contributed by atoms with E-state index in [0.717, 1.165) is 0 Å². The highest BCUT2D eigenvalue weighted by atomic mass is 32.2. The van der Waals surface area contributed by atoms with Gasteiger partial charge in [0.2, 0.25) is 10.0 Å². The van der Waals surface area contributed by atoms with Crippen LogP contribution in [-0.4, -0.2) is 47.9 Å². The Morgan fingerprint density at radius 1 is 1.04 bits per heavy atom. The summed E-state index contributed by atoms with van der Waals surface area (Å²) in [6, 6.07) is 11.1. The van der Waals surface area contributed by atoms with Crippen LogP contribution in [0.4, 0.5) is 5.69 Å². The van der Waals surface area contributed by atoms with Gasteiger partial charge in [-0.3, -0.25) is 4.31 Å². The summed E-state index contributed by atoms with van der Waals surface area (Å²) >= 11 is 0. The Labute approximate surface area is 166 Å². The van der Waals surface area contributed by atoms with Crippen LogP contribution in [-0.2, 0) is 26.5 Å². The molecular formula is C19H24N2O5S2. The molecule has 0 spiro atoms. The summed E-state index contributed by atoms with van der Waals surface area (Å²) in [4.78, 5) is 0.275. The van der Waals surface area contributed by atoms with Crippen molar-refractivity contribution in [3.05, 3.63) is 48.0 Å². The van der Waals surface area contributed by atoms with E-state index in [0.29, 0.717) is 30.8 Å². The van der Waals surface area contributed by atoms with Crippen LogP contribution < -0.4 is 9.04 Å². The zero-order valence-corrected chi connectivity index (χ0v) is 17.8. The van der Waals surface area contributed by atoms with Gasteiger partial charge >= 0.3 is 0 Å². The molecule has 0 saturated carbocycles. The van der Waals surface area contributed by atoms with E-state index in [1.807, 2.05) is 0 Å². The lowest BCUT2D eigenvalue weighted by molar-refractivity contribution is 0.402. The van der Waals surface area contributed by atoms with Gasteiger partial charge in [0.1, 0.15) is 10.6 Å². The minimum atomic E-state index is -3.82. The summed E-state index contributed by atoms with van der Waals surface area (Å²) in [5.74, 6) is 0.275. The van der Waals surface area contributed by atoms with Crippen LogP contribution in [0.1, 0.15) is 19.4 Å². The third-order valence-corrected chi connectivity index (χ3v) is 8.78. The molecule has 1 aliphatic heterocycles. The molecule has 0 radical (unpaired) electrons. The van der Waals surface area contributed by atoms with E-state index in [1.54, 1.807) is 44.2 Å². The molecule has 152 valence electrons. The number of ether oxygens (including phenoxy) is 1. The van der Waals surface area contributed by atoms with Gasteiger partial charge in [-0.1, -0.05) is 26.0 Å². The summed E-state index contributed by atoms with van der Waals surface area (Å²) < 4.78 is 59.8. The van der Waals surface area contributed by atoms with Crippen LogP contribution in [0.3, 0.4) is 0 Å². The number of nitrogens with zero attached hydrogens (tertiary/aromatic N) is 2. The van der Waals surface area contributed by atoms with Crippen LogP contribution in [0, 0.1) is 0 Å². The maximum atomic E-state index is 13.2. The van der Waals surface area contributed by atoms with Gasteiger partial charge in [0.05, 0.1) is 17.7 Å². The molecule has 0 saturated heterocycles. The number of sulfonamides is 2. The van der Waals surface area contributed by atoms with Crippen molar-refractivity contribution >= 4 is 25.7 Å². The topological polar surface area (TPSA) is 84.0 Å². The van der Waals surface area contributed by atoms with Crippen LogP contribution in [0.5, 0.6) is 5.75 Å². The van der Waals surface area contributed by atoms with Gasteiger partial charge in [0.15, 0.2) is 0 Å². The molecule has 0 fully saturated rings. The molecule has 0 unspecified atom stereocenters. The lowest BCUT2D eigenvalue weighted by Crippen LogP contribution is -2.31. The number of para-hydroxylation sites is 1. The minimum Gasteiger partial charge on any atom is -0.495 e. The molecule has 3 rings (SSSR count). The lowest BCUT2D eigenvalue weighted by atomic mass is 10.2. The molecule has 7 nitrogen and oxygen atoms in total. The fourth-order valence-electron chi connectivity index (χ4n) is 3.42. The van der Waals surface area contributed by atoms with Crippen molar-refractivity contribution in [1.82, 2.24) is 4.31 Å². The van der Waals surface area contributed by atoms with Crippen molar-refractivity contribution < 1.29 is 21.6 Å². The molecule has 1 heterocycles. The summed E-state index contributed by atoms with van der Waals surface area (Å²) in [7, 11) is -5.99. The van der Waals surface area contributed by atoms with E-state index in [-0.39, 0.29) is 22.1 Å². The first kappa shape index (κ1) is 20.6. The second-order valence-electron chi connectivity index (χ2n) is 6.36. The van der Waals surface area contributed by atoms with Crippen molar-refractivity contribution in [3.63, 3.8) is 0 Å². The molecule has 0 atom stereocenters. The Balaban J connectivity index is 2.02. The highest BCUT2D eigenvalue weighted by molar-refractivity contribution is 7.93. The highest BCUT2D eigenvalue weighted by Gasteiger charge is 2.34. The van der Waals surface area contributed by atoms with Crippen LogP contribution in [0.25, 0.3) is 0 Å². The quantitative estimate of drug-likeness (QED) is 0.682. The van der Waals surface area contributed by atoms with E-state index < -0.39 is 20.0 Å². The zero-order valence-electron chi connectivity index (χ0n) is 16.1. The fraction of sp³-hybridized carbons (Fsp3) is 0.368. The molecule has 1 aliphatic rings. The van der Waals surface area contributed by atoms with Crippen LogP contribution in [0.2, 0.25) is 0 Å². The maximum absolute atomic E-state index is 13.2. The summed E-state index contributed by atoms with van der Waals surface area (Å²) in [6.07, 6.45) is 0.450. The molecular weight excluding hydrogens is 400 g/mol. The highest BCUT2D eigenvalue weighted by Crippen LogP contribution is 2.37. The standard InChI is InChI=1S/C19H24N2O5S2/c1-4-20(5-2)27(22,23)16-10-11-17-15(14-16)12-13-21(17)28(24,25)19-9-7-6-8-18(19)26-3/h6-11,14H,4-5,12-13H2,1-3H3.